The van der Waals surface area contributed by atoms with E-state index in [9.17, 15) is 0 Å². The van der Waals surface area contributed by atoms with Gasteiger partial charge in [0.1, 0.15) is 0 Å². The van der Waals surface area contributed by atoms with Gasteiger partial charge in [-0.1, -0.05) is 6.92 Å². The van der Waals surface area contributed by atoms with Crippen LogP contribution in [0.3, 0.4) is 0 Å². The highest BCUT2D eigenvalue weighted by Crippen LogP contribution is 2.45. The number of nitrogens with zero attached hydrogens (tertiary/aromatic N) is 1. The van der Waals surface area contributed by atoms with Crippen LogP contribution in [-0.2, 0) is 11.3 Å². The number of hydrogen-bond acceptors (Lipinski definition) is 4. The molecular weight excluding hydrogens is 244 g/mol. The summed E-state index contributed by atoms with van der Waals surface area (Å²) in [6, 6.07) is 0. The van der Waals surface area contributed by atoms with Gasteiger partial charge in [0.2, 0.25) is 0 Å². The molecule has 100 valence electrons. The Balaban J connectivity index is 1.68. The molecule has 4 heteroatoms. The van der Waals surface area contributed by atoms with Crippen molar-refractivity contribution < 1.29 is 4.74 Å². The van der Waals surface area contributed by atoms with Gasteiger partial charge in [-0.2, -0.15) is 0 Å². The number of thiazole rings is 1. The molecule has 1 N–H and O–H groups in total. The Morgan fingerprint density at radius 1 is 1.44 bits per heavy atom. The van der Waals surface area contributed by atoms with E-state index in [1.165, 1.54) is 41.3 Å². The first-order valence-electron chi connectivity index (χ1n) is 7.10. The summed E-state index contributed by atoms with van der Waals surface area (Å²) >= 11 is 1.89. The molecule has 2 aliphatic heterocycles. The van der Waals surface area contributed by atoms with E-state index in [0.29, 0.717) is 18.1 Å². The van der Waals surface area contributed by atoms with Gasteiger partial charge in [-0.05, 0) is 39.2 Å². The van der Waals surface area contributed by atoms with Crippen LogP contribution in [0.1, 0.15) is 54.1 Å². The topological polar surface area (TPSA) is 34.1 Å². The van der Waals surface area contributed by atoms with Crippen molar-refractivity contribution in [2.75, 3.05) is 6.54 Å². The average Bonchev–Trinajstić information content (AvgIpc) is 3.05. The molecule has 0 aromatic carbocycles. The van der Waals surface area contributed by atoms with Gasteiger partial charge in [-0.25, -0.2) is 4.98 Å². The van der Waals surface area contributed by atoms with Crippen molar-refractivity contribution in [3.05, 3.63) is 15.6 Å². The standard InChI is InChI=1S/C14H22N2OS/c1-3-6-15-8-13-9(2)16-14(18-13)11-7-10-4-5-12(11)17-10/h10-12,15H,3-8H2,1-2H3. The maximum absolute atomic E-state index is 5.94. The van der Waals surface area contributed by atoms with Gasteiger partial charge in [0.05, 0.1) is 22.9 Å². The number of hydrogen-bond donors (Lipinski definition) is 1. The lowest BCUT2D eigenvalue weighted by Crippen LogP contribution is -2.14. The van der Waals surface area contributed by atoms with Crippen LogP contribution in [0.15, 0.2) is 0 Å². The molecule has 3 heterocycles. The monoisotopic (exact) mass is 266 g/mol. The highest BCUT2D eigenvalue weighted by Gasteiger charge is 2.42. The first-order chi connectivity index (χ1) is 8.78. The molecule has 3 rings (SSSR count). The molecule has 3 unspecified atom stereocenters. The van der Waals surface area contributed by atoms with Crippen LogP contribution < -0.4 is 5.32 Å². The van der Waals surface area contributed by atoms with Crippen molar-refractivity contribution in [1.29, 1.82) is 0 Å². The molecule has 3 nitrogen and oxygen atoms in total. The van der Waals surface area contributed by atoms with Crippen molar-refractivity contribution in [3.63, 3.8) is 0 Å². The molecular formula is C14H22N2OS. The number of rotatable bonds is 5. The summed E-state index contributed by atoms with van der Waals surface area (Å²) in [7, 11) is 0. The zero-order chi connectivity index (χ0) is 12.5. The Kier molecular flexibility index (Phi) is 3.68. The number of nitrogens with one attached hydrogen (secondary N) is 1. The van der Waals surface area contributed by atoms with Crippen LogP contribution in [-0.4, -0.2) is 23.7 Å². The average molecular weight is 266 g/mol. The third-order valence-electron chi connectivity index (χ3n) is 4.04. The molecule has 3 atom stereocenters. The molecule has 0 spiro atoms. The second kappa shape index (κ2) is 5.27. The minimum absolute atomic E-state index is 0.456. The lowest BCUT2D eigenvalue weighted by molar-refractivity contribution is 0.101. The molecule has 0 saturated carbocycles. The fraction of sp³-hybridized carbons (Fsp3) is 0.786. The maximum Gasteiger partial charge on any atom is 0.0989 e. The molecule has 0 amide bonds. The van der Waals surface area contributed by atoms with Gasteiger partial charge in [-0.3, -0.25) is 0 Å². The summed E-state index contributed by atoms with van der Waals surface area (Å²) in [5.41, 5.74) is 1.21. The van der Waals surface area contributed by atoms with Gasteiger partial charge in [0.25, 0.3) is 0 Å². The normalized spacial score (nSPS) is 30.2. The number of aryl methyl sites for hydroxylation is 1. The first-order valence-corrected chi connectivity index (χ1v) is 7.92. The SMILES string of the molecule is CCCNCc1sc(C2CC3CCC2O3)nc1C. The molecule has 1 aromatic heterocycles. The van der Waals surface area contributed by atoms with Crippen LogP contribution in [0, 0.1) is 6.92 Å². The molecule has 0 aliphatic carbocycles. The molecule has 2 bridgehead atoms. The quantitative estimate of drug-likeness (QED) is 0.832. The van der Waals surface area contributed by atoms with Crippen LogP contribution >= 0.6 is 11.3 Å². The Bertz CT molecular complexity index is 418. The fourth-order valence-corrected chi connectivity index (χ4v) is 4.25. The first kappa shape index (κ1) is 12.6. The summed E-state index contributed by atoms with van der Waals surface area (Å²) in [4.78, 5) is 6.19. The van der Waals surface area contributed by atoms with E-state index in [-0.39, 0.29) is 0 Å². The second-order valence-corrected chi connectivity index (χ2v) is 6.57. The Morgan fingerprint density at radius 2 is 2.33 bits per heavy atom. The van der Waals surface area contributed by atoms with E-state index in [1.807, 2.05) is 11.3 Å². The Hall–Kier alpha value is -0.450. The fourth-order valence-electron chi connectivity index (χ4n) is 3.05. The smallest absolute Gasteiger partial charge is 0.0989 e. The highest BCUT2D eigenvalue weighted by atomic mass is 32.1. The van der Waals surface area contributed by atoms with Crippen LogP contribution in [0.25, 0.3) is 0 Å². The number of ether oxygens (including phenoxy) is 1. The van der Waals surface area contributed by atoms with E-state index < -0.39 is 0 Å². The van der Waals surface area contributed by atoms with Gasteiger partial charge < -0.3 is 10.1 Å². The third-order valence-corrected chi connectivity index (χ3v) is 5.33. The van der Waals surface area contributed by atoms with Crippen molar-refractivity contribution in [3.8, 4) is 0 Å². The molecule has 18 heavy (non-hydrogen) atoms. The lowest BCUT2D eigenvalue weighted by atomic mass is 9.90. The van der Waals surface area contributed by atoms with E-state index in [2.05, 4.69) is 19.2 Å². The van der Waals surface area contributed by atoms with Gasteiger partial charge in [-0.15, -0.1) is 11.3 Å². The predicted molar refractivity (Wildman–Crippen MR) is 74.1 cm³/mol. The highest BCUT2D eigenvalue weighted by molar-refractivity contribution is 7.11. The molecule has 2 saturated heterocycles. The molecule has 1 aromatic rings. The van der Waals surface area contributed by atoms with E-state index in [4.69, 9.17) is 9.72 Å². The minimum Gasteiger partial charge on any atom is -0.374 e. The largest absolute Gasteiger partial charge is 0.374 e. The van der Waals surface area contributed by atoms with Crippen LogP contribution in [0.2, 0.25) is 0 Å². The zero-order valence-electron chi connectivity index (χ0n) is 11.2. The van der Waals surface area contributed by atoms with Crippen LogP contribution in [0.5, 0.6) is 0 Å². The van der Waals surface area contributed by atoms with Gasteiger partial charge in [0, 0.05) is 17.3 Å². The van der Waals surface area contributed by atoms with E-state index in [0.717, 1.165) is 13.1 Å². The van der Waals surface area contributed by atoms with Crippen molar-refractivity contribution in [2.45, 2.75) is 64.2 Å². The van der Waals surface area contributed by atoms with Gasteiger partial charge >= 0.3 is 0 Å². The number of aromatic nitrogens is 1. The third kappa shape index (κ3) is 2.33. The minimum atomic E-state index is 0.456. The Morgan fingerprint density at radius 3 is 3.00 bits per heavy atom. The van der Waals surface area contributed by atoms with Crippen molar-refractivity contribution in [1.82, 2.24) is 10.3 Å². The molecule has 2 fully saturated rings. The zero-order valence-corrected chi connectivity index (χ0v) is 12.1. The van der Waals surface area contributed by atoms with Crippen molar-refractivity contribution in [2.24, 2.45) is 0 Å². The summed E-state index contributed by atoms with van der Waals surface area (Å²) in [5, 5.41) is 4.78. The van der Waals surface area contributed by atoms with Crippen LogP contribution in [0.4, 0.5) is 0 Å². The number of fused-ring (bicyclic) bond motifs is 2. The van der Waals surface area contributed by atoms with Crippen molar-refractivity contribution >= 4 is 11.3 Å². The summed E-state index contributed by atoms with van der Waals surface area (Å²) in [6.07, 6.45) is 5.85. The predicted octanol–water partition coefficient (Wildman–Crippen LogP) is 2.99. The molecule has 2 aliphatic rings. The second-order valence-electron chi connectivity index (χ2n) is 5.45. The van der Waals surface area contributed by atoms with Gasteiger partial charge in [0.15, 0.2) is 0 Å². The van der Waals surface area contributed by atoms with E-state index in [1.54, 1.807) is 0 Å². The lowest BCUT2D eigenvalue weighted by Gasteiger charge is -2.15. The summed E-state index contributed by atoms with van der Waals surface area (Å²) in [5.74, 6) is 0.576. The summed E-state index contributed by atoms with van der Waals surface area (Å²) < 4.78 is 5.94. The maximum atomic E-state index is 5.94. The Labute approximate surface area is 113 Å². The van der Waals surface area contributed by atoms with E-state index >= 15 is 0 Å². The summed E-state index contributed by atoms with van der Waals surface area (Å²) in [6.45, 7) is 6.39. The molecule has 0 radical (unpaired) electrons.